The van der Waals surface area contributed by atoms with Gasteiger partial charge in [0.05, 0.1) is 31.5 Å². The van der Waals surface area contributed by atoms with Crippen LogP contribution in [0.2, 0.25) is 10.0 Å². The first kappa shape index (κ1) is 27.4. The third-order valence-corrected chi connectivity index (χ3v) is 9.77. The Balaban J connectivity index is 1.41. The molecule has 1 amide bonds. The van der Waals surface area contributed by atoms with Gasteiger partial charge in [0.15, 0.2) is 25.4 Å². The van der Waals surface area contributed by atoms with Crippen LogP contribution in [-0.4, -0.2) is 34.8 Å². The summed E-state index contributed by atoms with van der Waals surface area (Å²) in [4.78, 5) is 18.5. The van der Waals surface area contributed by atoms with E-state index in [9.17, 15) is 21.6 Å². The molecular weight excluding hydrogens is 557 g/mol. The summed E-state index contributed by atoms with van der Waals surface area (Å²) in [6, 6.07) is 15.4. The van der Waals surface area contributed by atoms with Crippen LogP contribution >= 0.6 is 23.2 Å². The van der Waals surface area contributed by atoms with E-state index in [-0.39, 0.29) is 37.3 Å². The smallest absolute Gasteiger partial charge is 0.259 e. The molecule has 3 aromatic rings. The van der Waals surface area contributed by atoms with Gasteiger partial charge in [0.2, 0.25) is 0 Å². The summed E-state index contributed by atoms with van der Waals surface area (Å²) in [7, 11) is -6.66. The van der Waals surface area contributed by atoms with Crippen molar-refractivity contribution >= 4 is 48.8 Å². The monoisotopic (exact) mass is 581 g/mol. The number of hydrogen-bond donors (Lipinski definition) is 1. The van der Waals surface area contributed by atoms with Crippen molar-refractivity contribution in [1.82, 2.24) is 5.48 Å². The van der Waals surface area contributed by atoms with E-state index in [0.29, 0.717) is 16.7 Å². The summed E-state index contributed by atoms with van der Waals surface area (Å²) >= 11 is 12.8. The molecule has 4 rings (SSSR count). The highest BCUT2D eigenvalue weighted by molar-refractivity contribution is 7.91. The van der Waals surface area contributed by atoms with Crippen LogP contribution in [0.15, 0.2) is 70.5 Å². The van der Waals surface area contributed by atoms with E-state index in [2.05, 4.69) is 5.48 Å². The molecule has 7 nitrogen and oxygen atoms in total. The van der Waals surface area contributed by atoms with E-state index in [1.807, 2.05) is 0 Å². The lowest BCUT2D eigenvalue weighted by molar-refractivity contribution is -0.128. The van der Waals surface area contributed by atoms with E-state index >= 15 is 0 Å². The third-order valence-electron chi connectivity index (χ3n) is 6.14. The molecule has 1 aliphatic carbocycles. The van der Waals surface area contributed by atoms with Crippen molar-refractivity contribution in [2.75, 3.05) is 12.0 Å². The SMILES string of the molecule is CC(C(=O)NOc1cc(Cl)c(-c2ccc(S(C)(=O)=O)cc2)c(Cl)c1)c1ccc(S(=O)(=O)CC2CC2)cc1. The number of amides is 1. The molecule has 0 bridgehead atoms. The van der Waals surface area contributed by atoms with Crippen molar-refractivity contribution in [3.8, 4) is 16.9 Å². The predicted molar refractivity (Wildman–Crippen MR) is 143 cm³/mol. The number of nitrogens with one attached hydrogen (secondary N) is 1. The summed E-state index contributed by atoms with van der Waals surface area (Å²) in [5, 5.41) is 0.500. The number of rotatable bonds is 9. The minimum Gasteiger partial charge on any atom is -0.379 e. The highest BCUT2D eigenvalue weighted by Crippen LogP contribution is 2.38. The first-order chi connectivity index (χ1) is 17.3. The maximum atomic E-state index is 12.7. The Hall–Kier alpha value is -2.59. The third kappa shape index (κ3) is 6.65. The lowest BCUT2D eigenvalue weighted by Crippen LogP contribution is -2.31. The predicted octanol–water partition coefficient (Wildman–Crippen LogP) is 5.46. The zero-order valence-electron chi connectivity index (χ0n) is 20.1. The maximum absolute atomic E-state index is 12.7. The van der Waals surface area contributed by atoms with Gasteiger partial charge in [0.1, 0.15) is 0 Å². The molecule has 1 N–H and O–H groups in total. The molecule has 3 aromatic carbocycles. The van der Waals surface area contributed by atoms with Crippen LogP contribution < -0.4 is 10.3 Å². The first-order valence-corrected chi connectivity index (χ1v) is 15.7. The average molecular weight is 583 g/mol. The van der Waals surface area contributed by atoms with Gasteiger partial charge in [-0.2, -0.15) is 5.48 Å². The zero-order chi connectivity index (χ0) is 27.0. The Morgan fingerprint density at radius 3 is 2.00 bits per heavy atom. The fraction of sp³-hybridized carbons (Fsp3) is 0.269. The van der Waals surface area contributed by atoms with E-state index < -0.39 is 31.5 Å². The van der Waals surface area contributed by atoms with Crippen molar-refractivity contribution in [2.24, 2.45) is 5.92 Å². The number of hydrogen-bond acceptors (Lipinski definition) is 6. The van der Waals surface area contributed by atoms with Crippen LogP contribution in [0.25, 0.3) is 11.1 Å². The molecule has 0 aromatic heterocycles. The normalized spacial score (nSPS) is 14.7. The van der Waals surface area contributed by atoms with Crippen molar-refractivity contribution in [3.05, 3.63) is 76.3 Å². The molecule has 0 spiro atoms. The van der Waals surface area contributed by atoms with Crippen LogP contribution in [0.4, 0.5) is 0 Å². The summed E-state index contributed by atoms with van der Waals surface area (Å²) in [6.07, 6.45) is 3.02. The van der Waals surface area contributed by atoms with E-state index in [1.54, 1.807) is 31.2 Å². The number of benzene rings is 3. The van der Waals surface area contributed by atoms with E-state index in [0.717, 1.165) is 19.1 Å². The molecule has 0 saturated heterocycles. The summed E-state index contributed by atoms with van der Waals surface area (Å²) in [5.74, 6) is -0.442. The Bertz CT molecular complexity index is 1510. The fourth-order valence-electron chi connectivity index (χ4n) is 3.76. The van der Waals surface area contributed by atoms with Gasteiger partial charge in [0.25, 0.3) is 5.91 Å². The molecular formula is C26H25Cl2NO6S2. The van der Waals surface area contributed by atoms with Crippen molar-refractivity contribution in [2.45, 2.75) is 35.5 Å². The molecule has 37 heavy (non-hydrogen) atoms. The number of carbonyl (C=O) groups excluding carboxylic acids is 1. The zero-order valence-corrected chi connectivity index (χ0v) is 23.2. The largest absolute Gasteiger partial charge is 0.379 e. The lowest BCUT2D eigenvalue weighted by Gasteiger charge is -2.15. The molecule has 0 aliphatic heterocycles. The van der Waals surface area contributed by atoms with Gasteiger partial charge in [-0.15, -0.1) is 0 Å². The van der Waals surface area contributed by atoms with Crippen molar-refractivity contribution < 1.29 is 26.5 Å². The number of carbonyl (C=O) groups is 1. The van der Waals surface area contributed by atoms with Crippen molar-refractivity contribution in [3.63, 3.8) is 0 Å². The minimum atomic E-state index is -3.34. The average Bonchev–Trinajstić information content (AvgIpc) is 3.65. The molecule has 0 heterocycles. The summed E-state index contributed by atoms with van der Waals surface area (Å²) in [5.41, 5.74) is 4.12. The Morgan fingerprint density at radius 1 is 0.946 bits per heavy atom. The molecule has 1 unspecified atom stereocenters. The van der Waals surface area contributed by atoms with Gasteiger partial charge in [-0.3, -0.25) is 4.79 Å². The molecule has 1 atom stereocenters. The van der Waals surface area contributed by atoms with Gasteiger partial charge in [-0.25, -0.2) is 16.8 Å². The Kier molecular flexibility index (Phi) is 7.90. The second-order valence-corrected chi connectivity index (χ2v) is 14.0. The van der Waals surface area contributed by atoms with E-state index in [4.69, 9.17) is 28.0 Å². The first-order valence-electron chi connectivity index (χ1n) is 11.4. The fourth-order valence-corrected chi connectivity index (χ4v) is 6.77. The van der Waals surface area contributed by atoms with Crippen molar-refractivity contribution in [1.29, 1.82) is 0 Å². The van der Waals surface area contributed by atoms with Gasteiger partial charge >= 0.3 is 0 Å². The topological polar surface area (TPSA) is 107 Å². The van der Waals surface area contributed by atoms with Crippen LogP contribution in [0, 0.1) is 5.92 Å². The lowest BCUT2D eigenvalue weighted by atomic mass is 10.0. The minimum absolute atomic E-state index is 0.159. The van der Waals surface area contributed by atoms with Crippen LogP contribution in [0.3, 0.4) is 0 Å². The van der Waals surface area contributed by atoms with E-state index in [1.165, 1.54) is 36.4 Å². The highest BCUT2D eigenvalue weighted by Gasteiger charge is 2.29. The Morgan fingerprint density at radius 2 is 1.49 bits per heavy atom. The molecule has 196 valence electrons. The standard InChI is InChI=1S/C26H25Cl2NO6S2/c1-16(18-5-11-22(12-6-18)37(33,34)15-17-3-4-17)26(30)29-35-20-13-23(27)25(24(28)14-20)19-7-9-21(10-8-19)36(2,31)32/h5-14,16-17H,3-4,15H2,1-2H3,(H,29,30). The quantitative estimate of drug-likeness (QED) is 0.336. The van der Waals surface area contributed by atoms with Gasteiger partial charge in [-0.1, -0.05) is 47.5 Å². The second-order valence-electron chi connectivity index (χ2n) is 9.14. The van der Waals surface area contributed by atoms with Gasteiger partial charge in [0, 0.05) is 24.0 Å². The highest BCUT2D eigenvalue weighted by atomic mass is 35.5. The number of halogens is 2. The maximum Gasteiger partial charge on any atom is 0.259 e. The number of hydroxylamine groups is 1. The molecule has 1 aliphatic rings. The number of sulfone groups is 2. The van der Waals surface area contributed by atoms with Gasteiger partial charge in [-0.05, 0) is 61.1 Å². The molecule has 1 fully saturated rings. The molecule has 0 radical (unpaired) electrons. The second kappa shape index (κ2) is 10.6. The van der Waals surface area contributed by atoms with Gasteiger partial charge < -0.3 is 4.84 Å². The molecule has 1 saturated carbocycles. The van der Waals surface area contributed by atoms with Crippen LogP contribution in [-0.2, 0) is 24.5 Å². The summed E-state index contributed by atoms with van der Waals surface area (Å²) in [6.45, 7) is 1.68. The van der Waals surface area contributed by atoms with Crippen LogP contribution in [0.1, 0.15) is 31.2 Å². The molecule has 11 heteroatoms. The summed E-state index contributed by atoms with van der Waals surface area (Å²) < 4.78 is 48.2. The van der Waals surface area contributed by atoms with Crippen LogP contribution in [0.5, 0.6) is 5.75 Å². The Labute approximate surface area is 226 Å².